The molecule has 2 aliphatic carbocycles. The molecule has 2 fully saturated rings. The number of furan rings is 1. The highest BCUT2D eigenvalue weighted by atomic mass is 16.4. The number of aliphatic hydroxyl groups is 1. The van der Waals surface area contributed by atoms with Crippen LogP contribution in [0.4, 0.5) is 0 Å². The van der Waals surface area contributed by atoms with Crippen molar-refractivity contribution in [3.63, 3.8) is 0 Å². The van der Waals surface area contributed by atoms with E-state index in [1.165, 1.54) is 18.4 Å². The van der Waals surface area contributed by atoms with E-state index >= 15 is 0 Å². The second-order valence-electron chi connectivity index (χ2n) is 6.16. The Morgan fingerprint density at radius 1 is 1.28 bits per heavy atom. The van der Waals surface area contributed by atoms with Crippen LogP contribution in [0.15, 0.2) is 28.7 Å². The van der Waals surface area contributed by atoms with Crippen LogP contribution >= 0.6 is 0 Å². The van der Waals surface area contributed by atoms with Gasteiger partial charge < -0.3 is 9.52 Å². The molecule has 3 unspecified atom stereocenters. The molecule has 2 aromatic rings. The molecule has 2 aliphatic rings. The monoisotopic (exact) mass is 242 g/mol. The number of aryl methyl sites for hydroxylation is 1. The van der Waals surface area contributed by atoms with Crippen molar-refractivity contribution in [2.24, 2.45) is 11.8 Å². The topological polar surface area (TPSA) is 33.4 Å². The predicted molar refractivity (Wildman–Crippen MR) is 70.3 cm³/mol. The summed E-state index contributed by atoms with van der Waals surface area (Å²) in [7, 11) is 0. The number of hydrogen-bond donors (Lipinski definition) is 1. The molecule has 2 heteroatoms. The van der Waals surface area contributed by atoms with Crippen LogP contribution in [0.2, 0.25) is 0 Å². The summed E-state index contributed by atoms with van der Waals surface area (Å²) in [4.78, 5) is 0. The Balaban J connectivity index is 1.83. The largest absolute Gasteiger partial charge is 0.458 e. The number of hydrogen-bond acceptors (Lipinski definition) is 2. The Kier molecular flexibility index (Phi) is 2.00. The third kappa shape index (κ3) is 1.33. The summed E-state index contributed by atoms with van der Waals surface area (Å²) in [6.07, 6.45) is 4.49. The Bertz CT molecular complexity index is 613. The highest BCUT2D eigenvalue weighted by Crippen LogP contribution is 2.56. The third-order valence-corrected chi connectivity index (χ3v) is 4.91. The van der Waals surface area contributed by atoms with E-state index in [9.17, 15) is 5.11 Å². The van der Waals surface area contributed by atoms with Crippen molar-refractivity contribution >= 4 is 11.0 Å². The van der Waals surface area contributed by atoms with Crippen molar-refractivity contribution in [1.29, 1.82) is 0 Å². The van der Waals surface area contributed by atoms with Crippen molar-refractivity contribution in [2.75, 3.05) is 0 Å². The number of rotatable bonds is 1. The van der Waals surface area contributed by atoms with Crippen molar-refractivity contribution < 1.29 is 9.52 Å². The smallest absolute Gasteiger partial charge is 0.137 e. The summed E-state index contributed by atoms with van der Waals surface area (Å²) in [5, 5.41) is 12.0. The van der Waals surface area contributed by atoms with Crippen LogP contribution in [-0.2, 0) is 5.60 Å². The van der Waals surface area contributed by atoms with Crippen LogP contribution in [0.3, 0.4) is 0 Å². The lowest BCUT2D eigenvalue weighted by molar-refractivity contribution is -0.0355. The van der Waals surface area contributed by atoms with Gasteiger partial charge in [0.2, 0.25) is 0 Å². The Hall–Kier alpha value is -1.28. The van der Waals surface area contributed by atoms with Gasteiger partial charge >= 0.3 is 0 Å². The fraction of sp³-hybridized carbons (Fsp3) is 0.500. The SMILES string of the molecule is Cc1ccc2oc(C3(O)CC4CCC3C4)cc2c1. The Morgan fingerprint density at radius 3 is 2.89 bits per heavy atom. The first-order valence-corrected chi connectivity index (χ1v) is 6.88. The maximum Gasteiger partial charge on any atom is 0.137 e. The van der Waals surface area contributed by atoms with Gasteiger partial charge in [-0.15, -0.1) is 0 Å². The zero-order valence-corrected chi connectivity index (χ0v) is 10.6. The fourth-order valence-corrected chi connectivity index (χ4v) is 3.98. The minimum absolute atomic E-state index is 0.407. The van der Waals surface area contributed by atoms with E-state index in [0.29, 0.717) is 11.8 Å². The van der Waals surface area contributed by atoms with Gasteiger partial charge in [-0.05, 0) is 62.6 Å². The van der Waals surface area contributed by atoms with Crippen LogP contribution in [-0.4, -0.2) is 5.11 Å². The molecule has 1 aromatic heterocycles. The van der Waals surface area contributed by atoms with E-state index < -0.39 is 5.60 Å². The summed E-state index contributed by atoms with van der Waals surface area (Å²) < 4.78 is 5.91. The second kappa shape index (κ2) is 3.39. The van der Waals surface area contributed by atoms with E-state index in [1.807, 2.05) is 12.1 Å². The van der Waals surface area contributed by atoms with Crippen molar-refractivity contribution in [3.8, 4) is 0 Å². The molecule has 2 nitrogen and oxygen atoms in total. The van der Waals surface area contributed by atoms with E-state index in [4.69, 9.17) is 4.42 Å². The predicted octanol–water partition coefficient (Wildman–Crippen LogP) is 3.75. The Morgan fingerprint density at radius 2 is 2.17 bits per heavy atom. The number of benzene rings is 1. The quantitative estimate of drug-likeness (QED) is 0.826. The average Bonchev–Trinajstić information content (AvgIpc) is 3.00. The van der Waals surface area contributed by atoms with Gasteiger partial charge in [0, 0.05) is 5.39 Å². The molecule has 0 radical (unpaired) electrons. The first kappa shape index (κ1) is 10.6. The zero-order valence-electron chi connectivity index (χ0n) is 10.6. The van der Waals surface area contributed by atoms with Crippen molar-refractivity contribution in [3.05, 3.63) is 35.6 Å². The van der Waals surface area contributed by atoms with Gasteiger partial charge in [-0.25, -0.2) is 0 Å². The molecule has 1 heterocycles. The van der Waals surface area contributed by atoms with E-state index in [2.05, 4.69) is 19.1 Å². The number of fused-ring (bicyclic) bond motifs is 3. The van der Waals surface area contributed by atoms with Crippen LogP contribution in [0, 0.1) is 18.8 Å². The van der Waals surface area contributed by atoms with Gasteiger partial charge in [0.05, 0.1) is 0 Å². The molecule has 0 aliphatic heterocycles. The van der Waals surface area contributed by atoms with E-state index in [1.54, 1.807) is 0 Å². The van der Waals surface area contributed by atoms with Crippen LogP contribution in [0.25, 0.3) is 11.0 Å². The van der Waals surface area contributed by atoms with Gasteiger partial charge in [-0.1, -0.05) is 11.6 Å². The molecular weight excluding hydrogens is 224 g/mol. The van der Waals surface area contributed by atoms with Gasteiger partial charge in [0.1, 0.15) is 16.9 Å². The highest BCUT2D eigenvalue weighted by molar-refractivity contribution is 5.79. The summed E-state index contributed by atoms with van der Waals surface area (Å²) in [5.74, 6) is 1.90. The first-order valence-electron chi connectivity index (χ1n) is 6.88. The molecule has 3 atom stereocenters. The molecule has 18 heavy (non-hydrogen) atoms. The normalized spacial score (nSPS) is 34.6. The lowest BCUT2D eigenvalue weighted by Crippen LogP contribution is -2.31. The summed E-state index contributed by atoms with van der Waals surface area (Å²) >= 11 is 0. The highest BCUT2D eigenvalue weighted by Gasteiger charge is 2.52. The first-order chi connectivity index (χ1) is 8.65. The molecule has 2 saturated carbocycles. The zero-order chi connectivity index (χ0) is 12.3. The standard InChI is InChI=1S/C16H18O2/c1-10-2-5-14-12(6-10)8-15(18-14)16(17)9-11-3-4-13(16)7-11/h2,5-6,8,11,13,17H,3-4,7,9H2,1H3. The molecule has 4 rings (SSSR count). The minimum atomic E-state index is -0.699. The Labute approximate surface area is 107 Å². The van der Waals surface area contributed by atoms with Gasteiger partial charge in [0.25, 0.3) is 0 Å². The van der Waals surface area contributed by atoms with Crippen LogP contribution in [0.5, 0.6) is 0 Å². The van der Waals surface area contributed by atoms with E-state index in [-0.39, 0.29) is 0 Å². The lowest BCUT2D eigenvalue weighted by Gasteiger charge is -2.30. The molecule has 1 aromatic carbocycles. The van der Waals surface area contributed by atoms with E-state index in [0.717, 1.165) is 29.6 Å². The fourth-order valence-electron chi connectivity index (χ4n) is 3.98. The van der Waals surface area contributed by atoms with Gasteiger partial charge in [0.15, 0.2) is 0 Å². The molecule has 0 saturated heterocycles. The molecule has 0 spiro atoms. The third-order valence-electron chi connectivity index (χ3n) is 4.91. The van der Waals surface area contributed by atoms with Gasteiger partial charge in [-0.2, -0.15) is 0 Å². The average molecular weight is 242 g/mol. The second-order valence-corrected chi connectivity index (χ2v) is 6.16. The minimum Gasteiger partial charge on any atom is -0.458 e. The lowest BCUT2D eigenvalue weighted by atomic mass is 9.82. The maximum atomic E-state index is 10.9. The summed E-state index contributed by atoms with van der Waals surface area (Å²) in [6.45, 7) is 2.08. The summed E-state index contributed by atoms with van der Waals surface area (Å²) in [6, 6.07) is 8.23. The van der Waals surface area contributed by atoms with Crippen LogP contribution < -0.4 is 0 Å². The molecule has 2 bridgehead atoms. The maximum absolute atomic E-state index is 10.9. The summed E-state index contributed by atoms with van der Waals surface area (Å²) in [5.41, 5.74) is 1.43. The van der Waals surface area contributed by atoms with Gasteiger partial charge in [-0.3, -0.25) is 0 Å². The molecular formula is C16H18O2. The van der Waals surface area contributed by atoms with Crippen molar-refractivity contribution in [1.82, 2.24) is 0 Å². The van der Waals surface area contributed by atoms with Crippen molar-refractivity contribution in [2.45, 2.75) is 38.2 Å². The molecule has 0 amide bonds. The van der Waals surface area contributed by atoms with Crippen LogP contribution in [0.1, 0.15) is 37.0 Å². The molecule has 1 N–H and O–H groups in total. The molecule has 94 valence electrons.